The molecule has 0 spiro atoms. The summed E-state index contributed by atoms with van der Waals surface area (Å²) in [5, 5.41) is 0. The summed E-state index contributed by atoms with van der Waals surface area (Å²) in [6.45, 7) is -1.43. The van der Waals surface area contributed by atoms with E-state index in [4.69, 9.17) is 21.7 Å². The van der Waals surface area contributed by atoms with Gasteiger partial charge in [-0.05, 0) is 48.6 Å². The summed E-state index contributed by atoms with van der Waals surface area (Å²) in [7, 11) is 1.48. The van der Waals surface area contributed by atoms with Gasteiger partial charge in [-0.2, -0.15) is 0 Å². The van der Waals surface area contributed by atoms with Crippen molar-refractivity contribution >= 4 is 5.91 Å². The molecule has 3 heterocycles. The quantitative estimate of drug-likeness (QED) is 0.679. The molecule has 3 aliphatic rings. The number of piperidine rings is 1. The van der Waals surface area contributed by atoms with Crippen molar-refractivity contribution in [3.05, 3.63) is 53.5 Å². The molecule has 2 aromatic rings. The number of pyridine rings is 1. The maximum atomic E-state index is 13.9. The third-order valence-electron chi connectivity index (χ3n) is 6.61. The summed E-state index contributed by atoms with van der Waals surface area (Å²) in [6, 6.07) is 9.16. The number of benzene rings is 1. The van der Waals surface area contributed by atoms with Gasteiger partial charge in [-0.25, -0.2) is 9.37 Å². The first-order valence-corrected chi connectivity index (χ1v) is 10.9. The molecule has 1 aromatic heterocycles. The topological polar surface area (TPSA) is 70.1 Å². The Balaban J connectivity index is 1.34. The van der Waals surface area contributed by atoms with E-state index in [1.54, 1.807) is 29.2 Å². The maximum absolute atomic E-state index is 13.9. The molecule has 1 aromatic carbocycles. The molecule has 8 heteroatoms. The Labute approximate surface area is 189 Å². The minimum Gasteiger partial charge on any atom is -0.488 e. The zero-order valence-corrected chi connectivity index (χ0v) is 17.9. The van der Waals surface area contributed by atoms with E-state index >= 15 is 0 Å². The number of rotatable bonds is 6. The number of hydrogen-bond donors (Lipinski definition) is 0. The molecule has 2 saturated heterocycles. The first-order chi connectivity index (χ1) is 16.3. The van der Waals surface area contributed by atoms with Crippen LogP contribution >= 0.6 is 0 Å². The highest BCUT2D eigenvalue weighted by Crippen LogP contribution is 2.43. The Hall–Kier alpha value is -2.71. The SMILES string of the molecule is [2H]C1([2H])OC2CN(C(=O)c3ccc(OCC4CCC4)c(OC)n3)CCC2(c2cccc(F)c2)O1. The highest BCUT2D eigenvalue weighted by Gasteiger charge is 2.51. The molecule has 1 aliphatic carbocycles. The third-order valence-corrected chi connectivity index (χ3v) is 6.61. The lowest BCUT2D eigenvalue weighted by atomic mass is 9.82. The summed E-state index contributed by atoms with van der Waals surface area (Å²) < 4.78 is 52.3. The number of carbonyl (C=O) groups excluding carboxylic acids is 1. The van der Waals surface area contributed by atoms with Crippen LogP contribution in [0.3, 0.4) is 0 Å². The Bertz CT molecular complexity index is 1080. The molecule has 0 N–H and O–H groups in total. The number of amides is 1. The highest BCUT2D eigenvalue weighted by atomic mass is 19.1. The van der Waals surface area contributed by atoms with Crippen LogP contribution in [0.5, 0.6) is 11.6 Å². The van der Waals surface area contributed by atoms with Crippen LogP contribution in [0, 0.1) is 11.7 Å². The second-order valence-electron chi connectivity index (χ2n) is 8.50. The third kappa shape index (κ3) is 3.82. The van der Waals surface area contributed by atoms with Gasteiger partial charge in [0, 0.05) is 13.0 Å². The monoisotopic (exact) mass is 444 g/mol. The number of aromatic nitrogens is 1. The van der Waals surface area contributed by atoms with Crippen molar-refractivity contribution in [1.82, 2.24) is 9.88 Å². The predicted molar refractivity (Wildman–Crippen MR) is 113 cm³/mol. The fraction of sp³-hybridized carbons (Fsp3) is 0.500. The molecule has 2 unspecified atom stereocenters. The van der Waals surface area contributed by atoms with Crippen molar-refractivity contribution in [1.29, 1.82) is 0 Å². The Morgan fingerprint density at radius 3 is 3.00 bits per heavy atom. The van der Waals surface area contributed by atoms with E-state index in [1.165, 1.54) is 25.7 Å². The van der Waals surface area contributed by atoms with Gasteiger partial charge in [-0.1, -0.05) is 18.6 Å². The minimum absolute atomic E-state index is 0.0682. The molecule has 2 aliphatic heterocycles. The van der Waals surface area contributed by atoms with Gasteiger partial charge in [0.25, 0.3) is 11.8 Å². The largest absolute Gasteiger partial charge is 0.488 e. The Morgan fingerprint density at radius 2 is 2.25 bits per heavy atom. The summed E-state index contributed by atoms with van der Waals surface area (Å²) in [6.07, 6.45) is 2.97. The van der Waals surface area contributed by atoms with Crippen molar-refractivity contribution in [2.75, 3.05) is 33.6 Å². The minimum atomic E-state index is -2.35. The van der Waals surface area contributed by atoms with E-state index in [0.29, 0.717) is 23.8 Å². The number of fused-ring (bicyclic) bond motifs is 1. The molecule has 5 rings (SSSR count). The van der Waals surface area contributed by atoms with Crippen molar-refractivity contribution < 1.29 is 30.9 Å². The van der Waals surface area contributed by atoms with E-state index in [1.807, 2.05) is 0 Å². The number of hydrogen-bond acceptors (Lipinski definition) is 6. The van der Waals surface area contributed by atoms with Crippen molar-refractivity contribution in [2.45, 2.75) is 37.4 Å². The number of ether oxygens (including phenoxy) is 4. The van der Waals surface area contributed by atoms with Crippen LogP contribution in [0.4, 0.5) is 4.39 Å². The van der Waals surface area contributed by atoms with Crippen LogP contribution in [-0.4, -0.2) is 55.4 Å². The second kappa shape index (κ2) is 8.67. The van der Waals surface area contributed by atoms with Gasteiger partial charge < -0.3 is 23.8 Å². The number of carbonyl (C=O) groups is 1. The second-order valence-corrected chi connectivity index (χ2v) is 8.50. The number of likely N-dealkylation sites (tertiary alicyclic amines) is 1. The van der Waals surface area contributed by atoms with E-state index in [0.717, 1.165) is 12.8 Å². The zero-order valence-electron chi connectivity index (χ0n) is 19.9. The van der Waals surface area contributed by atoms with Gasteiger partial charge in [0.1, 0.15) is 30.0 Å². The summed E-state index contributed by atoms with van der Waals surface area (Å²) in [4.78, 5) is 19.2. The van der Waals surface area contributed by atoms with Crippen molar-refractivity contribution in [3.8, 4) is 11.6 Å². The molecule has 2 atom stereocenters. The van der Waals surface area contributed by atoms with Crippen LogP contribution in [0.25, 0.3) is 0 Å². The predicted octanol–water partition coefficient (Wildman–Crippen LogP) is 3.52. The summed E-state index contributed by atoms with van der Waals surface area (Å²) in [5.41, 5.74) is -0.515. The molecule has 0 bridgehead atoms. The highest BCUT2D eigenvalue weighted by molar-refractivity contribution is 5.92. The Kier molecular flexibility index (Phi) is 5.10. The van der Waals surface area contributed by atoms with E-state index in [9.17, 15) is 9.18 Å². The first kappa shape index (κ1) is 18.8. The standard InChI is InChI=1S/C24H27FN2O5/c1-29-22-20(30-14-16-4-2-5-16)9-8-19(26-22)23(28)27-11-10-24(21(13-27)31-15-32-24)17-6-3-7-18(25)12-17/h3,6-9,12,16,21H,2,4-5,10-11,13-15H2,1H3/i15D2. The first-order valence-electron chi connectivity index (χ1n) is 11.9. The van der Waals surface area contributed by atoms with E-state index in [-0.39, 0.29) is 37.0 Å². The van der Waals surface area contributed by atoms with Crippen LogP contribution in [0.15, 0.2) is 36.4 Å². The van der Waals surface area contributed by atoms with Gasteiger partial charge in [0.05, 0.1) is 23.0 Å². The molecule has 3 fully saturated rings. The molecule has 1 saturated carbocycles. The van der Waals surface area contributed by atoms with Gasteiger partial charge >= 0.3 is 0 Å². The lowest BCUT2D eigenvalue weighted by molar-refractivity contribution is -0.0441. The summed E-state index contributed by atoms with van der Waals surface area (Å²) in [5.74, 6) is 0.500. The fourth-order valence-electron chi connectivity index (χ4n) is 4.46. The van der Waals surface area contributed by atoms with Gasteiger partial charge in [0.2, 0.25) is 0 Å². The van der Waals surface area contributed by atoms with Gasteiger partial charge in [0.15, 0.2) is 5.75 Å². The van der Waals surface area contributed by atoms with Gasteiger partial charge in [-0.15, -0.1) is 0 Å². The number of nitrogens with zero attached hydrogens (tertiary/aromatic N) is 2. The van der Waals surface area contributed by atoms with Crippen LogP contribution < -0.4 is 9.47 Å². The fourth-order valence-corrected chi connectivity index (χ4v) is 4.46. The average molecular weight is 444 g/mol. The van der Waals surface area contributed by atoms with Crippen LogP contribution in [0.2, 0.25) is 0 Å². The van der Waals surface area contributed by atoms with Crippen LogP contribution in [0.1, 0.15) is 44.5 Å². The molecule has 170 valence electrons. The van der Waals surface area contributed by atoms with Gasteiger partial charge in [-0.3, -0.25) is 4.79 Å². The zero-order chi connectivity index (χ0) is 23.9. The van der Waals surface area contributed by atoms with E-state index < -0.39 is 24.3 Å². The molecular formula is C24H27FN2O5. The van der Waals surface area contributed by atoms with Crippen molar-refractivity contribution in [3.63, 3.8) is 0 Å². The van der Waals surface area contributed by atoms with Crippen LogP contribution in [-0.2, 0) is 15.1 Å². The van der Waals surface area contributed by atoms with E-state index in [2.05, 4.69) is 4.98 Å². The average Bonchev–Trinajstić information content (AvgIpc) is 3.08. The molecular weight excluding hydrogens is 415 g/mol. The lowest BCUT2D eigenvalue weighted by Crippen LogP contribution is -2.53. The molecule has 0 radical (unpaired) electrons. The lowest BCUT2D eigenvalue weighted by Gasteiger charge is -2.41. The number of methoxy groups -OCH3 is 1. The molecule has 7 nitrogen and oxygen atoms in total. The number of halogens is 1. The molecule has 1 amide bonds. The van der Waals surface area contributed by atoms with Crippen molar-refractivity contribution in [2.24, 2.45) is 5.92 Å². The Morgan fingerprint density at radius 1 is 1.38 bits per heavy atom. The smallest absolute Gasteiger partial charge is 0.272 e. The maximum Gasteiger partial charge on any atom is 0.272 e. The normalized spacial score (nSPS) is 27.7. The summed E-state index contributed by atoms with van der Waals surface area (Å²) >= 11 is 0. The molecule has 32 heavy (non-hydrogen) atoms.